The first kappa shape index (κ1) is 104. The zero-order chi connectivity index (χ0) is 100. The van der Waals surface area contributed by atoms with Gasteiger partial charge in [-0.25, -0.2) is 72.4 Å². The molecule has 10 aromatic heterocycles. The average Bonchev–Trinajstić information content (AvgIpc) is 1.63. The van der Waals surface area contributed by atoms with E-state index in [9.17, 15) is 24.0 Å². The number of nitrogens with one attached hydrogen (secondary N) is 5. The highest BCUT2D eigenvalue weighted by Gasteiger charge is 2.24. The molecule has 0 radical (unpaired) electrons. The van der Waals surface area contributed by atoms with Crippen molar-refractivity contribution in [3.05, 3.63) is 296 Å². The Morgan fingerprint density at radius 2 is 0.621 bits per heavy atom. The summed E-state index contributed by atoms with van der Waals surface area (Å²) in [6, 6.07) is 60.1. The molecule has 28 nitrogen and oxygen atoms in total. The van der Waals surface area contributed by atoms with Crippen molar-refractivity contribution in [1.82, 2.24) is 103 Å². The second kappa shape index (κ2) is 46.8. The van der Waals surface area contributed by atoms with Crippen LogP contribution in [0.1, 0.15) is 277 Å². The Bertz CT molecular complexity index is 7030. The molecular weight excluding hydrogens is 1750 g/mol. The molecule has 6 aromatic carbocycles. The van der Waals surface area contributed by atoms with Crippen molar-refractivity contribution in [1.29, 1.82) is 0 Å². The topological polar surface area (TPSA) is 337 Å². The fourth-order valence-electron chi connectivity index (χ4n) is 17.2. The monoisotopic (exact) mass is 1900 g/mol. The molecular formula is C112H145N21O7. The van der Waals surface area contributed by atoms with Crippen LogP contribution in [0.15, 0.2) is 206 Å². The SMILES string of the molecule is CC(C)(C)c1ccc(-c2nc(CCCCCc3ccccc3)n3[nH]c(=O)cc3n2)cc1.CC(C)(C)c1ccc(-c2nc(CCCCOC3CCCCC3)n3[nH]c(=O)cc3n2)cc1.CCCC(C)Cc1nc(-c2ccc(C(C)(C)C)cc2)nc2cc(=O)[nH]n12.CN(C)CCCc1nc(-c2ccc(C(C)(C)C)cc2)nc2cc(=O)[nH]n12.COCCCCc1nc(-c2ccc(C(C)(C)C)cc2)nc2cc(=O)[nH]n12. The van der Waals surface area contributed by atoms with Crippen molar-refractivity contribution in [3.8, 4) is 56.9 Å². The van der Waals surface area contributed by atoms with Gasteiger partial charge < -0.3 is 14.4 Å². The van der Waals surface area contributed by atoms with Gasteiger partial charge in [-0.1, -0.05) is 308 Å². The average molecular weight is 1900 g/mol. The van der Waals surface area contributed by atoms with E-state index in [4.69, 9.17) is 34.4 Å². The summed E-state index contributed by atoms with van der Waals surface area (Å²) >= 11 is 0. The molecule has 10 heterocycles. The Balaban J connectivity index is 0.000000148. The van der Waals surface area contributed by atoms with E-state index in [0.29, 0.717) is 69.4 Å². The highest BCUT2D eigenvalue weighted by atomic mass is 16.5. The van der Waals surface area contributed by atoms with Gasteiger partial charge in [-0.15, -0.1) is 0 Å². The van der Waals surface area contributed by atoms with Gasteiger partial charge in [-0.2, -0.15) is 0 Å². The number of rotatable bonds is 30. The molecule has 0 amide bonds. The Morgan fingerprint density at radius 3 is 0.914 bits per heavy atom. The van der Waals surface area contributed by atoms with E-state index in [1.807, 2.05) is 12.1 Å². The van der Waals surface area contributed by atoms with E-state index >= 15 is 0 Å². The van der Waals surface area contributed by atoms with Crippen molar-refractivity contribution < 1.29 is 9.47 Å². The molecule has 17 rings (SSSR count). The Labute approximate surface area is 821 Å². The van der Waals surface area contributed by atoms with E-state index in [1.165, 1.54) is 95.8 Å². The number of aryl methyl sites for hydroxylation is 5. The maximum absolute atomic E-state index is 11.9. The molecule has 0 saturated heterocycles. The van der Waals surface area contributed by atoms with Crippen molar-refractivity contribution in [2.75, 3.05) is 41.0 Å². The van der Waals surface area contributed by atoms with Gasteiger partial charge in [0.2, 0.25) is 0 Å². The van der Waals surface area contributed by atoms with Gasteiger partial charge in [0, 0.05) is 111 Å². The minimum absolute atomic E-state index is 0.0994. The van der Waals surface area contributed by atoms with Crippen molar-refractivity contribution in [3.63, 3.8) is 0 Å². The minimum Gasteiger partial charge on any atom is -0.385 e. The lowest BCUT2D eigenvalue weighted by atomic mass is 9.86. The van der Waals surface area contributed by atoms with Gasteiger partial charge in [-0.05, 0) is 151 Å². The number of hydrogen-bond acceptors (Lipinski definition) is 18. The maximum atomic E-state index is 11.9. The third-order valence-corrected chi connectivity index (χ3v) is 25.4. The predicted molar refractivity (Wildman–Crippen MR) is 562 cm³/mol. The van der Waals surface area contributed by atoms with Gasteiger partial charge >= 0.3 is 0 Å². The van der Waals surface area contributed by atoms with Crippen molar-refractivity contribution in [2.45, 2.75) is 286 Å². The number of aromatic amines is 5. The number of unbranched alkanes of at least 4 members (excludes halogenated alkanes) is 4. The van der Waals surface area contributed by atoms with Crippen LogP contribution in [0.3, 0.4) is 0 Å². The standard InChI is InChI=1S/C26H30N4O.C25H34N4O2.C21H28N4O.C20H27N5O.C20H26N4O2/c1-26(2,3)21-16-14-20(15-17-21)25-27-22(30-23(28-25)18-24(31)29-30)13-9-5-8-12-19-10-6-4-7-11-19;1-25(2,3)19-14-12-18(13-15-19)24-26-21(29-22(27-24)17-23(30)28-29)11-7-8-16-31-20-9-5-4-6-10-20;1-6-7-14(2)12-17-22-20(23-18-13-19(26)24-25(17)18)15-8-10-16(11-9-15)21(3,4)5;1-20(2,3)15-10-8-14(9-11-15)19-21-16(7-6-12-24(4)5)25-17(22-19)13-18(26)23-25;1-20(2,3)15-10-8-14(9-11-15)19-21-16(7-5-6-12-26-4)24-17(22-19)13-18(25)23-24/h4,6-7,10-11,14-18H,5,8-9,12-13H2,1-3H3,(H,29,31);12-15,17,20H,4-11,16H2,1-3H3,(H,28,30);8-11,13-14H,6-7,12H2,1-5H3,(H,24,26);8-11,13H,6-7,12H2,1-5H3,(H,23,26);8-11,13H,5-7,12H2,1-4H3,(H,23,25). The lowest BCUT2D eigenvalue weighted by molar-refractivity contribution is 0.0265. The van der Waals surface area contributed by atoms with Crippen molar-refractivity contribution in [2.24, 2.45) is 5.92 Å². The van der Waals surface area contributed by atoms with E-state index in [-0.39, 0.29) is 54.9 Å². The molecule has 1 aliphatic carbocycles. The first-order chi connectivity index (χ1) is 66.7. The van der Waals surface area contributed by atoms with E-state index in [2.05, 4.69) is 327 Å². The molecule has 0 aliphatic heterocycles. The van der Waals surface area contributed by atoms with Gasteiger partial charge in [0.15, 0.2) is 57.4 Å². The van der Waals surface area contributed by atoms with Crippen LogP contribution in [0.5, 0.6) is 0 Å². The number of benzene rings is 6. The zero-order valence-electron chi connectivity index (χ0n) is 86.0. The normalized spacial score (nSPS) is 13.0. The number of ether oxygens (including phenoxy) is 2. The minimum atomic E-state index is -0.169. The molecule has 1 saturated carbocycles. The molecule has 0 bridgehead atoms. The van der Waals surface area contributed by atoms with E-state index in [0.717, 1.165) is 179 Å². The summed E-state index contributed by atoms with van der Waals surface area (Å²) in [5, 5.41) is 14.1. The molecule has 140 heavy (non-hydrogen) atoms. The molecule has 1 unspecified atom stereocenters. The summed E-state index contributed by atoms with van der Waals surface area (Å²) in [6.07, 6.45) is 22.1. The van der Waals surface area contributed by atoms with Crippen LogP contribution in [0.25, 0.3) is 85.2 Å². The predicted octanol–water partition coefficient (Wildman–Crippen LogP) is 21.0. The molecule has 16 aromatic rings. The van der Waals surface area contributed by atoms with Gasteiger partial charge in [0.25, 0.3) is 27.8 Å². The van der Waals surface area contributed by atoms with Crippen LogP contribution < -0.4 is 27.8 Å². The number of hydrogen-bond donors (Lipinski definition) is 5. The number of aromatic nitrogens is 20. The van der Waals surface area contributed by atoms with Crippen LogP contribution in [-0.4, -0.2) is 150 Å². The van der Waals surface area contributed by atoms with Crippen LogP contribution in [0.2, 0.25) is 0 Å². The molecule has 1 atom stereocenters. The summed E-state index contributed by atoms with van der Waals surface area (Å²) in [7, 11) is 5.80. The molecule has 740 valence electrons. The quantitative estimate of drug-likeness (QED) is 0.0261. The molecule has 1 aliphatic rings. The molecule has 5 N–H and O–H groups in total. The summed E-state index contributed by atoms with van der Waals surface area (Å²) in [6.45, 7) is 39.8. The smallest absolute Gasteiger partial charge is 0.266 e. The summed E-state index contributed by atoms with van der Waals surface area (Å²) in [4.78, 5) is 108. The number of fused-ring (bicyclic) bond motifs is 5. The van der Waals surface area contributed by atoms with Crippen LogP contribution in [0.4, 0.5) is 0 Å². The first-order valence-electron chi connectivity index (χ1n) is 50.0. The lowest BCUT2D eigenvalue weighted by Gasteiger charge is -2.21. The highest BCUT2D eigenvalue weighted by molar-refractivity contribution is 5.63. The molecule has 28 heteroatoms. The van der Waals surface area contributed by atoms with E-state index < -0.39 is 0 Å². The summed E-state index contributed by atoms with van der Waals surface area (Å²) in [5.41, 5.74) is 15.3. The van der Waals surface area contributed by atoms with Crippen LogP contribution in [-0.2, 0) is 75.1 Å². The third kappa shape index (κ3) is 28.9. The molecule has 1 fully saturated rings. The Morgan fingerprint density at radius 1 is 0.343 bits per heavy atom. The lowest BCUT2D eigenvalue weighted by Crippen LogP contribution is -2.17. The number of H-pyrrole nitrogens is 5. The Hall–Kier alpha value is -13.1. The summed E-state index contributed by atoms with van der Waals surface area (Å²) < 4.78 is 19.7. The van der Waals surface area contributed by atoms with Crippen molar-refractivity contribution >= 4 is 28.2 Å². The Kier molecular flexibility index (Phi) is 34.9. The summed E-state index contributed by atoms with van der Waals surface area (Å²) in [5.74, 6) is 7.97. The largest absolute Gasteiger partial charge is 0.385 e. The van der Waals surface area contributed by atoms with Gasteiger partial charge in [-0.3, -0.25) is 49.5 Å². The molecule has 0 spiro atoms. The van der Waals surface area contributed by atoms with E-state index in [1.54, 1.807) is 29.7 Å². The van der Waals surface area contributed by atoms with Gasteiger partial charge in [0.05, 0.1) is 6.10 Å². The van der Waals surface area contributed by atoms with Crippen LogP contribution in [0, 0.1) is 5.92 Å². The zero-order valence-corrected chi connectivity index (χ0v) is 86.0. The fourth-order valence-corrected chi connectivity index (χ4v) is 17.2. The third-order valence-electron chi connectivity index (χ3n) is 25.4. The maximum Gasteiger partial charge on any atom is 0.266 e. The number of methoxy groups -OCH3 is 1. The fraction of sp³-hybridized carbons (Fsp3) is 0.455. The van der Waals surface area contributed by atoms with Gasteiger partial charge in [0.1, 0.15) is 29.1 Å². The first-order valence-corrected chi connectivity index (χ1v) is 50.0. The second-order valence-corrected chi connectivity index (χ2v) is 42.6. The highest BCUT2D eigenvalue weighted by Crippen LogP contribution is 2.33. The van der Waals surface area contributed by atoms with Crippen LogP contribution >= 0.6 is 0 Å². The second-order valence-electron chi connectivity index (χ2n) is 42.6. The number of nitrogens with zero attached hydrogens (tertiary/aromatic N) is 16.